The lowest BCUT2D eigenvalue weighted by Crippen LogP contribution is -2.62. The van der Waals surface area contributed by atoms with Crippen LogP contribution in [-0.4, -0.2) is 48.4 Å². The van der Waals surface area contributed by atoms with Gasteiger partial charge in [0.1, 0.15) is 6.04 Å². The molecule has 1 aromatic carbocycles. The Kier molecular flexibility index (Phi) is 3.90. The lowest BCUT2D eigenvalue weighted by Gasteiger charge is -2.38. The lowest BCUT2D eigenvalue weighted by molar-refractivity contribution is -0.129. The summed E-state index contributed by atoms with van der Waals surface area (Å²) in [5.41, 5.74) is 7.49. The van der Waals surface area contributed by atoms with Crippen LogP contribution in [-0.2, 0) is 16.0 Å². The molecule has 4 N–H and O–H groups in total. The highest BCUT2D eigenvalue weighted by Crippen LogP contribution is 2.24. The molecule has 0 aliphatic carbocycles. The zero-order valence-corrected chi connectivity index (χ0v) is 11.8. The fourth-order valence-electron chi connectivity index (χ4n) is 3.17. The third-order valence-electron chi connectivity index (χ3n) is 4.28. The van der Waals surface area contributed by atoms with Crippen LogP contribution in [0.3, 0.4) is 0 Å². The normalized spacial score (nSPS) is 26.6. The number of primary amides is 1. The summed E-state index contributed by atoms with van der Waals surface area (Å²) >= 11 is 0. The van der Waals surface area contributed by atoms with Gasteiger partial charge in [0.15, 0.2) is 0 Å². The zero-order valence-electron chi connectivity index (χ0n) is 11.8. The molecule has 6 heteroatoms. The summed E-state index contributed by atoms with van der Waals surface area (Å²) in [6.07, 6.45) is 1.52. The molecule has 112 valence electrons. The monoisotopic (exact) mass is 288 g/mol. The highest BCUT2D eigenvalue weighted by atomic mass is 16.2. The van der Waals surface area contributed by atoms with Crippen LogP contribution >= 0.6 is 0 Å². The molecular formula is C15H20N4O2. The average molecular weight is 288 g/mol. The molecule has 6 nitrogen and oxygen atoms in total. The standard InChI is InChI=1S/C15H20N4O2/c16-14(20)13-9-17-7-8-19(13)12-6-5-10-3-1-2-4-11(10)18-15(12)21/h1-4,12-13,17H,5-9H2,(H2,16,20)(H,18,21). The molecule has 0 radical (unpaired) electrons. The van der Waals surface area contributed by atoms with Crippen LogP contribution < -0.4 is 16.4 Å². The van der Waals surface area contributed by atoms with E-state index in [1.165, 1.54) is 0 Å². The van der Waals surface area contributed by atoms with Gasteiger partial charge in [-0.05, 0) is 24.5 Å². The third kappa shape index (κ3) is 2.77. The molecule has 1 saturated heterocycles. The quantitative estimate of drug-likeness (QED) is 0.697. The predicted molar refractivity (Wildman–Crippen MR) is 79.7 cm³/mol. The molecule has 2 heterocycles. The van der Waals surface area contributed by atoms with E-state index in [4.69, 9.17) is 5.73 Å². The molecule has 2 unspecified atom stereocenters. The molecule has 2 aliphatic heterocycles. The SMILES string of the molecule is NC(=O)C1CNCCN1C1CCc2ccccc2NC1=O. The minimum absolute atomic E-state index is 0.0481. The number of rotatable bonds is 2. The van der Waals surface area contributed by atoms with Gasteiger partial charge in [0.25, 0.3) is 0 Å². The number of amides is 2. The minimum Gasteiger partial charge on any atom is -0.368 e. The summed E-state index contributed by atoms with van der Waals surface area (Å²) in [6.45, 7) is 1.93. The number of hydrogen-bond acceptors (Lipinski definition) is 4. The first-order valence-electron chi connectivity index (χ1n) is 7.31. The van der Waals surface area contributed by atoms with Crippen molar-refractivity contribution in [1.82, 2.24) is 10.2 Å². The van der Waals surface area contributed by atoms with E-state index in [-0.39, 0.29) is 17.9 Å². The van der Waals surface area contributed by atoms with E-state index >= 15 is 0 Å². The van der Waals surface area contributed by atoms with Crippen molar-refractivity contribution in [2.24, 2.45) is 5.73 Å². The van der Waals surface area contributed by atoms with Crippen LogP contribution in [0.1, 0.15) is 12.0 Å². The molecule has 3 rings (SSSR count). The number of fused-ring (bicyclic) bond motifs is 1. The fourth-order valence-corrected chi connectivity index (χ4v) is 3.17. The predicted octanol–water partition coefficient (Wildman–Crippen LogP) is -0.301. The maximum absolute atomic E-state index is 12.5. The molecule has 0 bridgehead atoms. The van der Waals surface area contributed by atoms with Gasteiger partial charge >= 0.3 is 0 Å². The molecular weight excluding hydrogens is 268 g/mol. The van der Waals surface area contributed by atoms with Gasteiger partial charge in [-0.1, -0.05) is 18.2 Å². The third-order valence-corrected chi connectivity index (χ3v) is 4.28. The number of nitrogens with zero attached hydrogens (tertiary/aromatic N) is 1. The van der Waals surface area contributed by atoms with Crippen LogP contribution in [0, 0.1) is 0 Å². The van der Waals surface area contributed by atoms with Crippen LogP contribution in [0.2, 0.25) is 0 Å². The van der Waals surface area contributed by atoms with Crippen molar-refractivity contribution in [3.8, 4) is 0 Å². The number of benzene rings is 1. The summed E-state index contributed by atoms with van der Waals surface area (Å²) < 4.78 is 0. The minimum atomic E-state index is -0.421. The summed E-state index contributed by atoms with van der Waals surface area (Å²) in [4.78, 5) is 26.1. The van der Waals surface area contributed by atoms with E-state index in [9.17, 15) is 9.59 Å². The molecule has 0 aromatic heterocycles. The Morgan fingerprint density at radius 3 is 2.95 bits per heavy atom. The number of nitrogens with two attached hydrogens (primary N) is 1. The number of nitrogens with one attached hydrogen (secondary N) is 2. The second-order valence-electron chi connectivity index (χ2n) is 5.56. The Labute approximate surface area is 123 Å². The van der Waals surface area contributed by atoms with Crippen molar-refractivity contribution in [3.05, 3.63) is 29.8 Å². The Bertz CT molecular complexity index is 560. The maximum Gasteiger partial charge on any atom is 0.241 e. The molecule has 1 aromatic rings. The molecule has 2 amide bonds. The zero-order chi connectivity index (χ0) is 14.8. The largest absolute Gasteiger partial charge is 0.368 e. The van der Waals surface area contributed by atoms with Gasteiger partial charge in [-0.3, -0.25) is 14.5 Å². The number of para-hydroxylation sites is 1. The average Bonchev–Trinajstić information content (AvgIpc) is 2.65. The van der Waals surface area contributed by atoms with Gasteiger partial charge in [-0.25, -0.2) is 0 Å². The second kappa shape index (κ2) is 5.83. The van der Waals surface area contributed by atoms with E-state index in [1.54, 1.807) is 0 Å². The van der Waals surface area contributed by atoms with E-state index < -0.39 is 6.04 Å². The van der Waals surface area contributed by atoms with Crippen molar-refractivity contribution < 1.29 is 9.59 Å². The summed E-state index contributed by atoms with van der Waals surface area (Å²) in [6, 6.07) is 7.10. The topological polar surface area (TPSA) is 87.5 Å². The van der Waals surface area contributed by atoms with Crippen LogP contribution in [0.25, 0.3) is 0 Å². The van der Waals surface area contributed by atoms with E-state index in [0.717, 1.165) is 24.2 Å². The van der Waals surface area contributed by atoms with Crippen molar-refractivity contribution >= 4 is 17.5 Å². The maximum atomic E-state index is 12.5. The Morgan fingerprint density at radius 2 is 2.14 bits per heavy atom. The van der Waals surface area contributed by atoms with Gasteiger partial charge < -0.3 is 16.4 Å². The van der Waals surface area contributed by atoms with E-state index in [0.29, 0.717) is 19.5 Å². The van der Waals surface area contributed by atoms with Gasteiger partial charge in [0.2, 0.25) is 11.8 Å². The highest BCUT2D eigenvalue weighted by molar-refractivity contribution is 5.96. The second-order valence-corrected chi connectivity index (χ2v) is 5.56. The first-order valence-corrected chi connectivity index (χ1v) is 7.31. The number of carbonyl (C=O) groups excluding carboxylic acids is 2. The first-order chi connectivity index (χ1) is 10.2. The van der Waals surface area contributed by atoms with Crippen LogP contribution in [0.4, 0.5) is 5.69 Å². The number of aryl methyl sites for hydroxylation is 1. The Hall–Kier alpha value is -1.92. The van der Waals surface area contributed by atoms with Crippen molar-refractivity contribution in [2.45, 2.75) is 24.9 Å². The Balaban J connectivity index is 1.83. The first kappa shape index (κ1) is 14.0. The molecule has 2 atom stereocenters. The number of anilines is 1. The van der Waals surface area contributed by atoms with Gasteiger partial charge in [-0.15, -0.1) is 0 Å². The molecule has 1 fully saturated rings. The highest BCUT2D eigenvalue weighted by Gasteiger charge is 2.36. The summed E-state index contributed by atoms with van der Waals surface area (Å²) in [7, 11) is 0. The van der Waals surface area contributed by atoms with Gasteiger partial charge in [0, 0.05) is 25.3 Å². The van der Waals surface area contributed by atoms with Crippen LogP contribution in [0.5, 0.6) is 0 Å². The number of hydrogen-bond donors (Lipinski definition) is 3. The van der Waals surface area contributed by atoms with E-state index in [1.807, 2.05) is 29.2 Å². The van der Waals surface area contributed by atoms with Crippen molar-refractivity contribution in [3.63, 3.8) is 0 Å². The molecule has 0 spiro atoms. The molecule has 2 aliphatic rings. The Morgan fingerprint density at radius 1 is 1.33 bits per heavy atom. The van der Waals surface area contributed by atoms with Gasteiger partial charge in [-0.2, -0.15) is 0 Å². The number of carbonyl (C=O) groups is 2. The van der Waals surface area contributed by atoms with Crippen molar-refractivity contribution in [1.29, 1.82) is 0 Å². The molecule has 0 saturated carbocycles. The summed E-state index contributed by atoms with van der Waals surface area (Å²) in [5.74, 6) is -0.426. The number of piperazine rings is 1. The van der Waals surface area contributed by atoms with Gasteiger partial charge in [0.05, 0.1) is 6.04 Å². The van der Waals surface area contributed by atoms with Crippen LogP contribution in [0.15, 0.2) is 24.3 Å². The fraction of sp³-hybridized carbons (Fsp3) is 0.467. The smallest absolute Gasteiger partial charge is 0.241 e. The molecule has 21 heavy (non-hydrogen) atoms. The van der Waals surface area contributed by atoms with Crippen molar-refractivity contribution in [2.75, 3.05) is 25.0 Å². The lowest BCUT2D eigenvalue weighted by atomic mass is 10.0. The summed E-state index contributed by atoms with van der Waals surface area (Å²) in [5, 5.41) is 6.13. The van der Waals surface area contributed by atoms with E-state index in [2.05, 4.69) is 10.6 Å².